The van der Waals surface area contributed by atoms with Crippen LogP contribution in [0.1, 0.15) is 12.5 Å². The first-order valence-corrected chi connectivity index (χ1v) is 7.91. The molecule has 0 saturated carbocycles. The molecule has 3 heterocycles. The molecule has 1 saturated heterocycles. The summed E-state index contributed by atoms with van der Waals surface area (Å²) in [5, 5.41) is 4.02. The third kappa shape index (κ3) is 2.18. The van der Waals surface area contributed by atoms with Gasteiger partial charge in [-0.1, -0.05) is 30.3 Å². The molecule has 4 nitrogen and oxygen atoms in total. The fourth-order valence-corrected chi connectivity index (χ4v) is 3.81. The van der Waals surface area contributed by atoms with Crippen molar-refractivity contribution < 1.29 is 0 Å². The Morgan fingerprint density at radius 1 is 1.29 bits per heavy atom. The highest BCUT2D eigenvalue weighted by Crippen LogP contribution is 2.30. The molecule has 0 radical (unpaired) electrons. The number of fused-ring (bicyclic) bond motifs is 1. The molecule has 2 aromatic heterocycles. The summed E-state index contributed by atoms with van der Waals surface area (Å²) >= 11 is 1.58. The number of thiophene rings is 1. The van der Waals surface area contributed by atoms with Crippen LogP contribution < -0.4 is 10.9 Å². The van der Waals surface area contributed by atoms with Crippen molar-refractivity contribution in [3.05, 3.63) is 53.1 Å². The van der Waals surface area contributed by atoms with Gasteiger partial charge in [0, 0.05) is 11.4 Å². The van der Waals surface area contributed by atoms with E-state index in [9.17, 15) is 4.79 Å². The molecule has 21 heavy (non-hydrogen) atoms. The minimum atomic E-state index is 0.0760. The van der Waals surface area contributed by atoms with Crippen LogP contribution in [0.5, 0.6) is 0 Å². The lowest BCUT2D eigenvalue weighted by Gasteiger charge is -2.11. The first-order valence-electron chi connectivity index (χ1n) is 7.10. The topological polar surface area (TPSA) is 46.9 Å². The van der Waals surface area contributed by atoms with E-state index in [0.29, 0.717) is 0 Å². The molecule has 1 N–H and O–H groups in total. The van der Waals surface area contributed by atoms with Crippen LogP contribution in [0.2, 0.25) is 0 Å². The molecule has 0 spiro atoms. The van der Waals surface area contributed by atoms with E-state index in [4.69, 9.17) is 0 Å². The van der Waals surface area contributed by atoms with E-state index in [2.05, 4.69) is 22.4 Å². The second-order valence-corrected chi connectivity index (χ2v) is 6.33. The van der Waals surface area contributed by atoms with Gasteiger partial charge in [0.05, 0.1) is 17.8 Å². The van der Waals surface area contributed by atoms with Gasteiger partial charge in [-0.15, -0.1) is 11.3 Å². The van der Waals surface area contributed by atoms with Gasteiger partial charge >= 0.3 is 0 Å². The van der Waals surface area contributed by atoms with Gasteiger partial charge < -0.3 is 5.32 Å². The lowest BCUT2D eigenvalue weighted by molar-refractivity contribution is 0.525. The fraction of sp³-hybridized carbons (Fsp3) is 0.250. The zero-order chi connectivity index (χ0) is 14.2. The molecular weight excluding hydrogens is 282 g/mol. The molecule has 1 aliphatic rings. The normalized spacial score (nSPS) is 18.4. The van der Waals surface area contributed by atoms with Gasteiger partial charge in [0.1, 0.15) is 4.83 Å². The lowest BCUT2D eigenvalue weighted by atomic mass is 10.2. The summed E-state index contributed by atoms with van der Waals surface area (Å²) in [5.41, 5.74) is 1.21. The Morgan fingerprint density at radius 2 is 2.14 bits per heavy atom. The molecule has 1 fully saturated rings. The van der Waals surface area contributed by atoms with Crippen molar-refractivity contribution in [1.29, 1.82) is 0 Å². The zero-order valence-electron chi connectivity index (χ0n) is 11.5. The number of aromatic nitrogens is 2. The van der Waals surface area contributed by atoms with Crippen molar-refractivity contribution in [2.24, 2.45) is 0 Å². The minimum absolute atomic E-state index is 0.0760. The molecule has 0 amide bonds. The number of rotatable bonds is 2. The van der Waals surface area contributed by atoms with Crippen molar-refractivity contribution in [2.75, 3.05) is 13.1 Å². The summed E-state index contributed by atoms with van der Waals surface area (Å²) in [7, 11) is 0. The number of hydrogen-bond acceptors (Lipinski definition) is 4. The van der Waals surface area contributed by atoms with Gasteiger partial charge in [-0.3, -0.25) is 9.36 Å². The predicted molar refractivity (Wildman–Crippen MR) is 85.8 cm³/mol. The van der Waals surface area contributed by atoms with Gasteiger partial charge in [0.25, 0.3) is 5.56 Å². The second-order valence-electron chi connectivity index (χ2n) is 5.30. The Bertz CT molecular complexity index is 832. The van der Waals surface area contributed by atoms with Crippen LogP contribution in [0.3, 0.4) is 0 Å². The maximum Gasteiger partial charge on any atom is 0.262 e. The van der Waals surface area contributed by atoms with E-state index in [1.165, 1.54) is 0 Å². The molecule has 106 valence electrons. The third-order valence-electron chi connectivity index (χ3n) is 3.96. The molecule has 3 aromatic rings. The smallest absolute Gasteiger partial charge is 0.262 e. The van der Waals surface area contributed by atoms with Crippen LogP contribution in [0.25, 0.3) is 20.7 Å². The fourth-order valence-electron chi connectivity index (χ4n) is 2.82. The van der Waals surface area contributed by atoms with Crippen LogP contribution in [-0.2, 0) is 0 Å². The molecule has 0 aliphatic carbocycles. The summed E-state index contributed by atoms with van der Waals surface area (Å²) in [6.45, 7) is 1.82. The summed E-state index contributed by atoms with van der Waals surface area (Å²) in [5.74, 6) is 0. The van der Waals surface area contributed by atoms with Crippen LogP contribution in [0.15, 0.2) is 47.5 Å². The monoisotopic (exact) mass is 297 g/mol. The largest absolute Gasteiger partial charge is 0.315 e. The van der Waals surface area contributed by atoms with E-state index in [0.717, 1.165) is 40.2 Å². The molecule has 5 heteroatoms. The number of benzene rings is 1. The second kappa shape index (κ2) is 5.09. The highest BCUT2D eigenvalue weighted by molar-refractivity contribution is 7.21. The van der Waals surface area contributed by atoms with Crippen LogP contribution in [0, 0.1) is 0 Å². The summed E-state index contributed by atoms with van der Waals surface area (Å²) < 4.78 is 1.78. The van der Waals surface area contributed by atoms with Crippen molar-refractivity contribution in [3.8, 4) is 10.4 Å². The standard InChI is InChI=1S/C16H15N3OS/c20-16-13-8-14(11-4-2-1-3-5-11)21-15(13)18-10-19(16)12-6-7-17-9-12/h1-5,8,10,12,17H,6-7,9H2/t12-/m0/s1. The Hall–Kier alpha value is -1.98. The number of nitrogens with zero attached hydrogens (tertiary/aromatic N) is 2. The Labute approximate surface area is 126 Å². The third-order valence-corrected chi connectivity index (χ3v) is 5.05. The number of hydrogen-bond donors (Lipinski definition) is 1. The van der Waals surface area contributed by atoms with Crippen LogP contribution in [-0.4, -0.2) is 22.6 Å². The van der Waals surface area contributed by atoms with Gasteiger partial charge in [0.15, 0.2) is 0 Å². The van der Waals surface area contributed by atoms with Crippen molar-refractivity contribution in [1.82, 2.24) is 14.9 Å². The highest BCUT2D eigenvalue weighted by atomic mass is 32.1. The van der Waals surface area contributed by atoms with Gasteiger partial charge in [-0.2, -0.15) is 0 Å². The van der Waals surface area contributed by atoms with E-state index >= 15 is 0 Å². The van der Waals surface area contributed by atoms with Crippen molar-refractivity contribution in [2.45, 2.75) is 12.5 Å². The van der Waals surface area contributed by atoms with Crippen molar-refractivity contribution >= 4 is 21.6 Å². The minimum Gasteiger partial charge on any atom is -0.315 e. The summed E-state index contributed by atoms with van der Waals surface area (Å²) in [6, 6.07) is 12.3. The van der Waals surface area contributed by atoms with Crippen LogP contribution >= 0.6 is 11.3 Å². The molecule has 1 atom stereocenters. The average Bonchev–Trinajstić information content (AvgIpc) is 3.18. The maximum absolute atomic E-state index is 12.7. The first-order chi connectivity index (χ1) is 10.3. The maximum atomic E-state index is 12.7. The van der Waals surface area contributed by atoms with E-state index in [1.807, 2.05) is 24.3 Å². The van der Waals surface area contributed by atoms with Gasteiger partial charge in [0.2, 0.25) is 0 Å². The molecule has 0 unspecified atom stereocenters. The molecule has 4 rings (SSSR count). The Morgan fingerprint density at radius 3 is 2.90 bits per heavy atom. The molecule has 0 bridgehead atoms. The zero-order valence-corrected chi connectivity index (χ0v) is 12.3. The summed E-state index contributed by atoms with van der Waals surface area (Å²) in [4.78, 5) is 19.1. The highest BCUT2D eigenvalue weighted by Gasteiger charge is 2.19. The summed E-state index contributed by atoms with van der Waals surface area (Å²) in [6.07, 6.45) is 2.69. The van der Waals surface area contributed by atoms with Gasteiger partial charge in [-0.05, 0) is 24.6 Å². The first kappa shape index (κ1) is 12.7. The van der Waals surface area contributed by atoms with Crippen LogP contribution in [0.4, 0.5) is 0 Å². The molecule has 1 aromatic carbocycles. The van der Waals surface area contributed by atoms with Gasteiger partial charge in [-0.25, -0.2) is 4.98 Å². The Kier molecular flexibility index (Phi) is 3.09. The average molecular weight is 297 g/mol. The number of nitrogens with one attached hydrogen (secondary N) is 1. The SMILES string of the molecule is O=c1c2cc(-c3ccccc3)sc2ncn1[C@H]1CCNC1. The van der Waals surface area contributed by atoms with E-state index in [-0.39, 0.29) is 11.6 Å². The van der Waals surface area contributed by atoms with Crippen molar-refractivity contribution in [3.63, 3.8) is 0 Å². The van der Waals surface area contributed by atoms with E-state index < -0.39 is 0 Å². The quantitative estimate of drug-likeness (QED) is 0.791. The Balaban J connectivity index is 1.85. The molecule has 1 aliphatic heterocycles. The lowest BCUT2D eigenvalue weighted by Crippen LogP contribution is -2.26. The molecular formula is C16H15N3OS. The predicted octanol–water partition coefficient (Wildman–Crippen LogP) is 2.66. The van der Waals surface area contributed by atoms with E-state index in [1.54, 1.807) is 22.2 Å².